The molecule has 1 aliphatic rings. The largest absolute Gasteiger partial charge is 0.0786 e. The van der Waals surface area contributed by atoms with Gasteiger partial charge in [0.2, 0.25) is 0 Å². The number of rotatable bonds is 0. The minimum atomic E-state index is 0.430. The normalized spacial score (nSPS) is 22.0. The SMILES string of the molecule is CC(C)=C1C=CC(C)(C)CC1. The maximum Gasteiger partial charge on any atom is -0.0168 e. The molecular weight excluding hydrogens is 132 g/mol. The van der Waals surface area contributed by atoms with Crippen molar-refractivity contribution in [2.24, 2.45) is 5.41 Å². The fourth-order valence-corrected chi connectivity index (χ4v) is 1.37. The van der Waals surface area contributed by atoms with Gasteiger partial charge >= 0.3 is 0 Å². The Morgan fingerprint density at radius 2 is 2.00 bits per heavy atom. The third-order valence-electron chi connectivity index (χ3n) is 2.42. The van der Waals surface area contributed by atoms with Crippen molar-refractivity contribution in [3.63, 3.8) is 0 Å². The van der Waals surface area contributed by atoms with E-state index >= 15 is 0 Å². The lowest BCUT2D eigenvalue weighted by Gasteiger charge is -2.25. The summed E-state index contributed by atoms with van der Waals surface area (Å²) in [4.78, 5) is 0. The van der Waals surface area contributed by atoms with E-state index in [1.165, 1.54) is 24.0 Å². The first-order valence-corrected chi connectivity index (χ1v) is 4.37. The lowest BCUT2D eigenvalue weighted by Crippen LogP contribution is -2.11. The molecule has 0 nitrogen and oxygen atoms in total. The van der Waals surface area contributed by atoms with Crippen LogP contribution in [0.1, 0.15) is 40.5 Å². The van der Waals surface area contributed by atoms with E-state index in [0.717, 1.165) is 0 Å². The third kappa shape index (κ3) is 2.21. The fraction of sp³-hybridized carbons (Fsp3) is 0.636. The Kier molecular flexibility index (Phi) is 2.22. The molecule has 0 atom stereocenters. The Hall–Kier alpha value is -0.520. The molecule has 0 radical (unpaired) electrons. The highest BCUT2D eigenvalue weighted by Crippen LogP contribution is 2.32. The first kappa shape index (κ1) is 8.58. The molecule has 0 unspecified atom stereocenters. The standard InChI is InChI=1S/C11H18/c1-9(2)10-5-7-11(3,4)8-6-10/h5,7H,6,8H2,1-4H3. The molecular formula is C11H18. The van der Waals surface area contributed by atoms with Crippen LogP contribution in [-0.4, -0.2) is 0 Å². The van der Waals surface area contributed by atoms with E-state index < -0.39 is 0 Å². The van der Waals surface area contributed by atoms with Gasteiger partial charge in [0.05, 0.1) is 0 Å². The minimum absolute atomic E-state index is 0.430. The van der Waals surface area contributed by atoms with Crippen molar-refractivity contribution in [1.29, 1.82) is 0 Å². The first-order valence-electron chi connectivity index (χ1n) is 4.37. The number of hydrogen-bond donors (Lipinski definition) is 0. The highest BCUT2D eigenvalue weighted by Gasteiger charge is 2.17. The molecule has 1 rings (SSSR count). The summed E-state index contributed by atoms with van der Waals surface area (Å²) >= 11 is 0. The summed E-state index contributed by atoms with van der Waals surface area (Å²) in [5.74, 6) is 0. The molecule has 0 amide bonds. The average Bonchev–Trinajstić information content (AvgIpc) is 1.86. The topological polar surface area (TPSA) is 0 Å². The molecule has 0 aromatic heterocycles. The summed E-state index contributed by atoms with van der Waals surface area (Å²) in [5, 5.41) is 0. The molecule has 0 aromatic carbocycles. The zero-order valence-electron chi connectivity index (χ0n) is 8.07. The van der Waals surface area contributed by atoms with Crippen molar-refractivity contribution in [3.05, 3.63) is 23.3 Å². The monoisotopic (exact) mass is 150 g/mol. The van der Waals surface area contributed by atoms with Crippen LogP contribution in [-0.2, 0) is 0 Å². The molecule has 0 saturated heterocycles. The van der Waals surface area contributed by atoms with Gasteiger partial charge in [0, 0.05) is 0 Å². The van der Waals surface area contributed by atoms with Crippen molar-refractivity contribution in [2.45, 2.75) is 40.5 Å². The first-order chi connectivity index (χ1) is 5.01. The molecule has 0 heterocycles. The molecule has 0 heteroatoms. The average molecular weight is 150 g/mol. The van der Waals surface area contributed by atoms with Crippen LogP contribution in [0.4, 0.5) is 0 Å². The zero-order chi connectivity index (χ0) is 8.48. The Balaban J connectivity index is 2.80. The molecule has 62 valence electrons. The lowest BCUT2D eigenvalue weighted by molar-refractivity contribution is 0.427. The summed E-state index contributed by atoms with van der Waals surface area (Å²) in [6.45, 7) is 8.98. The van der Waals surface area contributed by atoms with Crippen LogP contribution < -0.4 is 0 Å². The molecule has 1 aliphatic carbocycles. The van der Waals surface area contributed by atoms with Gasteiger partial charge in [0.15, 0.2) is 0 Å². The lowest BCUT2D eigenvalue weighted by atomic mass is 9.80. The van der Waals surface area contributed by atoms with Crippen LogP contribution in [0.5, 0.6) is 0 Å². The molecule has 0 bridgehead atoms. The van der Waals surface area contributed by atoms with E-state index in [4.69, 9.17) is 0 Å². The Morgan fingerprint density at radius 3 is 2.36 bits per heavy atom. The van der Waals surface area contributed by atoms with Gasteiger partial charge < -0.3 is 0 Å². The summed E-state index contributed by atoms with van der Waals surface area (Å²) in [7, 11) is 0. The van der Waals surface area contributed by atoms with Gasteiger partial charge in [-0.25, -0.2) is 0 Å². The molecule has 0 aromatic rings. The van der Waals surface area contributed by atoms with E-state index in [1.807, 2.05) is 0 Å². The second-order valence-corrected chi connectivity index (χ2v) is 4.35. The van der Waals surface area contributed by atoms with Crippen LogP contribution >= 0.6 is 0 Å². The van der Waals surface area contributed by atoms with Gasteiger partial charge in [-0.2, -0.15) is 0 Å². The predicted molar refractivity (Wildman–Crippen MR) is 50.5 cm³/mol. The van der Waals surface area contributed by atoms with E-state index in [0.29, 0.717) is 5.41 Å². The van der Waals surface area contributed by atoms with Crippen molar-refractivity contribution in [1.82, 2.24) is 0 Å². The highest BCUT2D eigenvalue weighted by atomic mass is 14.2. The number of allylic oxidation sites excluding steroid dienone is 4. The van der Waals surface area contributed by atoms with Crippen molar-refractivity contribution >= 4 is 0 Å². The van der Waals surface area contributed by atoms with E-state index in [2.05, 4.69) is 39.8 Å². The van der Waals surface area contributed by atoms with Crippen molar-refractivity contribution in [2.75, 3.05) is 0 Å². The van der Waals surface area contributed by atoms with Gasteiger partial charge in [-0.3, -0.25) is 0 Å². The quantitative estimate of drug-likeness (QED) is 0.494. The second kappa shape index (κ2) is 2.84. The Bertz CT molecular complexity index is 200. The molecule has 0 fully saturated rings. The van der Waals surface area contributed by atoms with Crippen LogP contribution in [0, 0.1) is 5.41 Å². The smallest absolute Gasteiger partial charge is 0.0168 e. The van der Waals surface area contributed by atoms with Crippen LogP contribution in [0.25, 0.3) is 0 Å². The summed E-state index contributed by atoms with van der Waals surface area (Å²) in [6.07, 6.45) is 7.17. The molecule has 0 N–H and O–H groups in total. The molecule has 0 aliphatic heterocycles. The maximum absolute atomic E-state index is 2.33. The Labute approximate surface area is 70.0 Å². The molecule has 11 heavy (non-hydrogen) atoms. The van der Waals surface area contributed by atoms with Crippen LogP contribution in [0.3, 0.4) is 0 Å². The van der Waals surface area contributed by atoms with Gasteiger partial charge in [-0.1, -0.05) is 31.6 Å². The predicted octanol–water partition coefficient (Wildman–Crippen LogP) is 3.70. The van der Waals surface area contributed by atoms with E-state index in [9.17, 15) is 0 Å². The second-order valence-electron chi connectivity index (χ2n) is 4.35. The third-order valence-corrected chi connectivity index (χ3v) is 2.42. The summed E-state index contributed by atoms with van der Waals surface area (Å²) < 4.78 is 0. The Morgan fingerprint density at radius 1 is 1.36 bits per heavy atom. The van der Waals surface area contributed by atoms with Crippen LogP contribution in [0.15, 0.2) is 23.3 Å². The number of hydrogen-bond acceptors (Lipinski definition) is 0. The maximum atomic E-state index is 2.33. The van der Waals surface area contributed by atoms with Crippen LogP contribution in [0.2, 0.25) is 0 Å². The van der Waals surface area contributed by atoms with Gasteiger partial charge in [-0.05, 0) is 37.7 Å². The van der Waals surface area contributed by atoms with Gasteiger partial charge in [0.25, 0.3) is 0 Å². The van der Waals surface area contributed by atoms with Crippen molar-refractivity contribution < 1.29 is 0 Å². The molecule has 0 spiro atoms. The minimum Gasteiger partial charge on any atom is -0.0786 e. The van der Waals surface area contributed by atoms with Gasteiger partial charge in [0.1, 0.15) is 0 Å². The molecule has 0 saturated carbocycles. The zero-order valence-corrected chi connectivity index (χ0v) is 8.07. The summed E-state index contributed by atoms with van der Waals surface area (Å²) in [6, 6.07) is 0. The highest BCUT2D eigenvalue weighted by molar-refractivity contribution is 5.27. The van der Waals surface area contributed by atoms with Crippen molar-refractivity contribution in [3.8, 4) is 0 Å². The van der Waals surface area contributed by atoms with E-state index in [1.54, 1.807) is 0 Å². The summed E-state index contributed by atoms with van der Waals surface area (Å²) in [5.41, 5.74) is 3.43. The van der Waals surface area contributed by atoms with E-state index in [-0.39, 0.29) is 0 Å². The van der Waals surface area contributed by atoms with Gasteiger partial charge in [-0.15, -0.1) is 0 Å². The fourth-order valence-electron chi connectivity index (χ4n) is 1.37.